The molecule has 1 rings (SSSR count). The summed E-state index contributed by atoms with van der Waals surface area (Å²) in [6.45, 7) is 1.28. The molecule has 1 aliphatic rings. The number of carbonyl (C=O) groups excluding carboxylic acids is 1. The number of carbonyl (C=O) groups is 2. The van der Waals surface area contributed by atoms with E-state index in [1.165, 1.54) is 6.92 Å². The van der Waals surface area contributed by atoms with E-state index in [1.807, 2.05) is 0 Å². The van der Waals surface area contributed by atoms with Crippen LogP contribution in [0.4, 0.5) is 0 Å². The van der Waals surface area contributed by atoms with Gasteiger partial charge in [0.05, 0.1) is 18.6 Å². The second-order valence-corrected chi connectivity index (χ2v) is 3.43. The third-order valence-electron chi connectivity index (χ3n) is 2.18. The van der Waals surface area contributed by atoms with E-state index in [0.717, 1.165) is 4.90 Å². The molecule has 0 aromatic carbocycles. The summed E-state index contributed by atoms with van der Waals surface area (Å²) in [5.41, 5.74) is 0. The fourth-order valence-electron chi connectivity index (χ4n) is 1.58. The van der Waals surface area contributed by atoms with Crippen LogP contribution in [0.15, 0.2) is 0 Å². The highest BCUT2D eigenvalue weighted by Crippen LogP contribution is 2.16. The summed E-state index contributed by atoms with van der Waals surface area (Å²) in [6, 6.07) is -1.26. The van der Waals surface area contributed by atoms with Gasteiger partial charge in [-0.05, 0) is 6.92 Å². The van der Waals surface area contributed by atoms with Crippen molar-refractivity contribution in [2.45, 2.75) is 31.6 Å². The largest absolute Gasteiger partial charge is 0.480 e. The highest BCUT2D eigenvalue weighted by molar-refractivity contribution is 5.85. The number of nitrogens with zero attached hydrogens (tertiary/aromatic N) is 1. The molecule has 0 aromatic rings. The first-order chi connectivity index (χ1) is 6.43. The summed E-state index contributed by atoms with van der Waals surface area (Å²) < 4.78 is 0. The van der Waals surface area contributed by atoms with Crippen molar-refractivity contribution in [3.05, 3.63) is 0 Å². The molecule has 0 aliphatic carbocycles. The average Bonchev–Trinajstić information content (AvgIpc) is 2.29. The molecular weight excluding hydrogens is 190 g/mol. The summed E-state index contributed by atoms with van der Waals surface area (Å²) in [6.07, 6.45) is -2.05. The van der Waals surface area contributed by atoms with Crippen LogP contribution >= 0.6 is 0 Å². The number of carboxylic acids is 1. The first-order valence-electron chi connectivity index (χ1n) is 4.32. The van der Waals surface area contributed by atoms with Crippen molar-refractivity contribution in [3.63, 3.8) is 0 Å². The summed E-state index contributed by atoms with van der Waals surface area (Å²) >= 11 is 0. The van der Waals surface area contributed by atoms with Crippen molar-refractivity contribution in [2.75, 3.05) is 6.54 Å². The Morgan fingerprint density at radius 2 is 2.21 bits per heavy atom. The molecule has 1 saturated heterocycles. The van der Waals surface area contributed by atoms with Crippen LogP contribution in [0.2, 0.25) is 0 Å². The lowest BCUT2D eigenvalue weighted by atomic mass is 10.1. The van der Waals surface area contributed by atoms with Crippen molar-refractivity contribution in [1.82, 2.24) is 4.90 Å². The maximum atomic E-state index is 11.2. The average molecular weight is 203 g/mol. The summed E-state index contributed by atoms with van der Waals surface area (Å²) in [4.78, 5) is 23.0. The summed E-state index contributed by atoms with van der Waals surface area (Å²) in [5, 5.41) is 27.1. The maximum absolute atomic E-state index is 11.2. The third-order valence-corrected chi connectivity index (χ3v) is 2.18. The minimum absolute atomic E-state index is 0.0271. The number of carboxylic acid groups (broad SMARTS) is 1. The molecule has 1 fully saturated rings. The van der Waals surface area contributed by atoms with Crippen molar-refractivity contribution < 1.29 is 24.9 Å². The standard InChI is InChI=1S/C8H13NO5/c1-4(10)7(8(13)14)9-3-5(11)2-6(9)12/h4-5,7,10-11H,2-3H2,1H3,(H,13,14). The predicted octanol–water partition coefficient (Wildman–Crippen LogP) is -1.59. The Morgan fingerprint density at radius 1 is 1.64 bits per heavy atom. The van der Waals surface area contributed by atoms with E-state index in [-0.39, 0.29) is 13.0 Å². The second kappa shape index (κ2) is 3.93. The zero-order valence-electron chi connectivity index (χ0n) is 7.75. The molecule has 0 bridgehead atoms. The van der Waals surface area contributed by atoms with Crippen LogP contribution in [0.25, 0.3) is 0 Å². The number of hydrogen-bond acceptors (Lipinski definition) is 4. The molecule has 3 unspecified atom stereocenters. The van der Waals surface area contributed by atoms with E-state index in [1.54, 1.807) is 0 Å². The molecule has 6 nitrogen and oxygen atoms in total. The fourth-order valence-corrected chi connectivity index (χ4v) is 1.58. The number of likely N-dealkylation sites (tertiary alicyclic amines) is 1. The van der Waals surface area contributed by atoms with Gasteiger partial charge in [0.15, 0.2) is 6.04 Å². The summed E-state index contributed by atoms with van der Waals surface area (Å²) in [7, 11) is 0. The van der Waals surface area contributed by atoms with Gasteiger partial charge >= 0.3 is 5.97 Å². The molecule has 0 aromatic heterocycles. The lowest BCUT2D eigenvalue weighted by molar-refractivity contribution is -0.152. The van der Waals surface area contributed by atoms with Crippen molar-refractivity contribution >= 4 is 11.9 Å². The topological polar surface area (TPSA) is 98.1 Å². The number of β-amino-alcohol motifs (C(OH)–C–C–N with tert-alkyl or cyclic N) is 1. The van der Waals surface area contributed by atoms with Gasteiger partial charge in [0.2, 0.25) is 5.91 Å². The van der Waals surface area contributed by atoms with E-state index in [0.29, 0.717) is 0 Å². The predicted molar refractivity (Wildman–Crippen MR) is 45.4 cm³/mol. The number of rotatable bonds is 3. The van der Waals surface area contributed by atoms with Crippen LogP contribution in [0, 0.1) is 0 Å². The Balaban J connectivity index is 2.79. The number of amides is 1. The van der Waals surface area contributed by atoms with Crippen LogP contribution in [-0.2, 0) is 9.59 Å². The Labute approximate surface area is 80.8 Å². The van der Waals surface area contributed by atoms with E-state index >= 15 is 0 Å². The monoisotopic (exact) mass is 203 g/mol. The van der Waals surface area contributed by atoms with Gasteiger partial charge in [-0.15, -0.1) is 0 Å². The van der Waals surface area contributed by atoms with E-state index in [4.69, 9.17) is 10.2 Å². The SMILES string of the molecule is CC(O)C(C(=O)O)N1CC(O)CC1=O. The minimum atomic E-state index is -1.26. The Hall–Kier alpha value is -1.14. The van der Waals surface area contributed by atoms with Gasteiger partial charge in [0.25, 0.3) is 0 Å². The van der Waals surface area contributed by atoms with Crippen LogP contribution in [0.5, 0.6) is 0 Å². The molecule has 3 N–H and O–H groups in total. The van der Waals surface area contributed by atoms with Crippen LogP contribution < -0.4 is 0 Å². The molecule has 0 spiro atoms. The first-order valence-corrected chi connectivity index (χ1v) is 4.32. The Kier molecular flexibility index (Phi) is 3.07. The van der Waals surface area contributed by atoms with Crippen molar-refractivity contribution in [3.8, 4) is 0 Å². The number of aliphatic hydroxyl groups excluding tert-OH is 2. The Bertz CT molecular complexity index is 252. The van der Waals surface area contributed by atoms with E-state index < -0.39 is 30.1 Å². The first kappa shape index (κ1) is 10.9. The maximum Gasteiger partial charge on any atom is 0.329 e. The molecule has 1 amide bonds. The lowest BCUT2D eigenvalue weighted by Crippen LogP contribution is -2.48. The van der Waals surface area contributed by atoms with Crippen LogP contribution in [0.3, 0.4) is 0 Å². The summed E-state index contributed by atoms with van der Waals surface area (Å²) in [5.74, 6) is -1.70. The van der Waals surface area contributed by atoms with E-state index in [2.05, 4.69) is 0 Å². The third kappa shape index (κ3) is 2.02. The second-order valence-electron chi connectivity index (χ2n) is 3.43. The number of hydrogen-bond donors (Lipinski definition) is 3. The molecule has 1 heterocycles. The van der Waals surface area contributed by atoms with Gasteiger partial charge in [-0.25, -0.2) is 4.79 Å². The normalized spacial score (nSPS) is 26.4. The Morgan fingerprint density at radius 3 is 2.50 bits per heavy atom. The van der Waals surface area contributed by atoms with Crippen LogP contribution in [-0.4, -0.2) is 56.9 Å². The molecule has 3 atom stereocenters. The van der Waals surface area contributed by atoms with Gasteiger partial charge < -0.3 is 20.2 Å². The number of aliphatic hydroxyl groups is 2. The molecule has 6 heteroatoms. The highest BCUT2D eigenvalue weighted by Gasteiger charge is 2.39. The van der Waals surface area contributed by atoms with Gasteiger partial charge in [0, 0.05) is 6.54 Å². The van der Waals surface area contributed by atoms with Gasteiger partial charge in [-0.2, -0.15) is 0 Å². The lowest BCUT2D eigenvalue weighted by Gasteiger charge is -2.26. The molecule has 0 radical (unpaired) electrons. The van der Waals surface area contributed by atoms with E-state index in [9.17, 15) is 14.7 Å². The molecule has 0 saturated carbocycles. The zero-order chi connectivity index (χ0) is 10.9. The molecule has 1 aliphatic heterocycles. The van der Waals surface area contributed by atoms with Crippen molar-refractivity contribution in [2.24, 2.45) is 0 Å². The highest BCUT2D eigenvalue weighted by atomic mass is 16.4. The smallest absolute Gasteiger partial charge is 0.329 e. The molecule has 80 valence electrons. The number of aliphatic carboxylic acids is 1. The van der Waals surface area contributed by atoms with Crippen molar-refractivity contribution in [1.29, 1.82) is 0 Å². The van der Waals surface area contributed by atoms with Gasteiger partial charge in [0.1, 0.15) is 0 Å². The zero-order valence-corrected chi connectivity index (χ0v) is 7.75. The minimum Gasteiger partial charge on any atom is -0.480 e. The van der Waals surface area contributed by atoms with Gasteiger partial charge in [-0.3, -0.25) is 4.79 Å². The van der Waals surface area contributed by atoms with Crippen LogP contribution in [0.1, 0.15) is 13.3 Å². The van der Waals surface area contributed by atoms with Gasteiger partial charge in [-0.1, -0.05) is 0 Å². The molecule has 14 heavy (non-hydrogen) atoms. The molecular formula is C8H13NO5. The fraction of sp³-hybridized carbons (Fsp3) is 0.750. The quantitative estimate of drug-likeness (QED) is 0.514.